The van der Waals surface area contributed by atoms with E-state index in [9.17, 15) is 9.59 Å². The molecule has 1 aromatic carbocycles. The van der Waals surface area contributed by atoms with Crippen molar-refractivity contribution in [2.24, 2.45) is 5.73 Å². The number of ether oxygens (including phenoxy) is 1. The molecule has 1 heterocycles. The molecule has 3 N–H and O–H groups in total. The molecule has 2 amide bonds. The van der Waals surface area contributed by atoms with Gasteiger partial charge in [0.15, 0.2) is 6.10 Å². The van der Waals surface area contributed by atoms with Crippen LogP contribution in [-0.4, -0.2) is 22.9 Å². The molecule has 0 spiro atoms. The van der Waals surface area contributed by atoms with Crippen LogP contribution in [0.1, 0.15) is 17.3 Å². The Morgan fingerprint density at radius 2 is 1.95 bits per heavy atom. The van der Waals surface area contributed by atoms with Crippen molar-refractivity contribution >= 4 is 29.1 Å². The summed E-state index contributed by atoms with van der Waals surface area (Å²) in [5.74, 6) is -1.04. The number of rotatable bonds is 5. The Kier molecular flexibility index (Phi) is 4.95. The average Bonchev–Trinajstić information content (AvgIpc) is 2.49. The fourth-order valence-corrected chi connectivity index (χ4v) is 1.80. The zero-order valence-electron chi connectivity index (χ0n) is 11.7. The van der Waals surface area contributed by atoms with Crippen LogP contribution >= 0.6 is 11.6 Å². The lowest BCUT2D eigenvalue weighted by molar-refractivity contribution is -0.122. The standard InChI is InChI=1S/C15H14ClN3O3/c1-9(14(21)19-11-6-4-10(16)5-7-11)22-15-12(13(17)20)3-2-8-18-15/h2-9H,1H3,(H2,17,20)(H,19,21). The zero-order chi connectivity index (χ0) is 16.1. The summed E-state index contributed by atoms with van der Waals surface area (Å²) in [6, 6.07) is 9.70. The Balaban J connectivity index is 2.05. The van der Waals surface area contributed by atoms with Crippen LogP contribution in [0.15, 0.2) is 42.6 Å². The minimum Gasteiger partial charge on any atom is -0.464 e. The largest absolute Gasteiger partial charge is 0.464 e. The molecular weight excluding hydrogens is 306 g/mol. The van der Waals surface area contributed by atoms with Gasteiger partial charge < -0.3 is 15.8 Å². The molecule has 1 unspecified atom stereocenters. The normalized spacial score (nSPS) is 11.5. The zero-order valence-corrected chi connectivity index (χ0v) is 12.5. The van der Waals surface area contributed by atoms with Gasteiger partial charge in [-0.15, -0.1) is 0 Å². The van der Waals surface area contributed by atoms with Crippen LogP contribution in [0.3, 0.4) is 0 Å². The first-order valence-electron chi connectivity index (χ1n) is 6.45. The lowest BCUT2D eigenvalue weighted by Gasteiger charge is -2.15. The van der Waals surface area contributed by atoms with Crippen molar-refractivity contribution in [1.29, 1.82) is 0 Å². The number of aromatic nitrogens is 1. The van der Waals surface area contributed by atoms with E-state index in [2.05, 4.69) is 10.3 Å². The second-order valence-electron chi connectivity index (χ2n) is 4.48. The lowest BCUT2D eigenvalue weighted by Crippen LogP contribution is -2.31. The van der Waals surface area contributed by atoms with Crippen molar-refractivity contribution in [3.05, 3.63) is 53.2 Å². The molecule has 22 heavy (non-hydrogen) atoms. The van der Waals surface area contributed by atoms with Gasteiger partial charge in [0.1, 0.15) is 5.56 Å². The van der Waals surface area contributed by atoms with Gasteiger partial charge in [-0.1, -0.05) is 11.6 Å². The first kappa shape index (κ1) is 15.8. The van der Waals surface area contributed by atoms with E-state index in [0.717, 1.165) is 0 Å². The van der Waals surface area contributed by atoms with Crippen LogP contribution in [0, 0.1) is 0 Å². The van der Waals surface area contributed by atoms with Gasteiger partial charge >= 0.3 is 0 Å². The minimum absolute atomic E-state index is 0.0220. The van der Waals surface area contributed by atoms with Crippen LogP contribution in [0.2, 0.25) is 5.02 Å². The number of nitrogens with two attached hydrogens (primary N) is 1. The molecular formula is C15H14ClN3O3. The Hall–Kier alpha value is -2.60. The number of nitrogens with one attached hydrogen (secondary N) is 1. The molecule has 0 fully saturated rings. The summed E-state index contributed by atoms with van der Waals surface area (Å²) >= 11 is 5.78. The number of carbonyl (C=O) groups excluding carboxylic acids is 2. The lowest BCUT2D eigenvalue weighted by atomic mass is 10.2. The number of benzene rings is 1. The van der Waals surface area contributed by atoms with Gasteiger partial charge in [0, 0.05) is 16.9 Å². The quantitative estimate of drug-likeness (QED) is 0.883. The average molecular weight is 320 g/mol. The van der Waals surface area contributed by atoms with E-state index >= 15 is 0 Å². The van der Waals surface area contributed by atoms with Gasteiger partial charge in [0.25, 0.3) is 11.8 Å². The maximum Gasteiger partial charge on any atom is 0.265 e. The predicted molar refractivity (Wildman–Crippen MR) is 82.9 cm³/mol. The number of anilines is 1. The molecule has 2 rings (SSSR count). The number of nitrogens with zero attached hydrogens (tertiary/aromatic N) is 1. The van der Waals surface area contributed by atoms with E-state index < -0.39 is 12.0 Å². The summed E-state index contributed by atoms with van der Waals surface area (Å²) in [5, 5.41) is 3.24. The van der Waals surface area contributed by atoms with Crippen LogP contribution in [-0.2, 0) is 4.79 Å². The molecule has 7 heteroatoms. The monoisotopic (exact) mass is 319 g/mol. The number of amides is 2. The van der Waals surface area contributed by atoms with Gasteiger partial charge in [-0.25, -0.2) is 4.98 Å². The number of halogens is 1. The van der Waals surface area contributed by atoms with Gasteiger partial charge in [0.05, 0.1) is 0 Å². The number of primary amides is 1. The molecule has 6 nitrogen and oxygen atoms in total. The molecule has 114 valence electrons. The number of hydrogen-bond acceptors (Lipinski definition) is 4. The fraction of sp³-hybridized carbons (Fsp3) is 0.133. The minimum atomic E-state index is -0.858. The SMILES string of the molecule is CC(Oc1ncccc1C(N)=O)C(=O)Nc1ccc(Cl)cc1. The first-order valence-corrected chi connectivity index (χ1v) is 6.83. The van der Waals surface area contributed by atoms with Crippen molar-refractivity contribution in [2.75, 3.05) is 5.32 Å². The summed E-state index contributed by atoms with van der Waals surface area (Å²) in [4.78, 5) is 27.3. The highest BCUT2D eigenvalue weighted by atomic mass is 35.5. The van der Waals surface area contributed by atoms with Crippen LogP contribution in [0.4, 0.5) is 5.69 Å². The first-order chi connectivity index (χ1) is 10.5. The Labute approximate surface area is 132 Å². The second kappa shape index (κ2) is 6.91. The van der Waals surface area contributed by atoms with Crippen LogP contribution in [0.25, 0.3) is 0 Å². The molecule has 0 aliphatic rings. The summed E-state index contributed by atoms with van der Waals surface area (Å²) in [7, 11) is 0. The Morgan fingerprint density at radius 1 is 1.27 bits per heavy atom. The fourth-order valence-electron chi connectivity index (χ4n) is 1.67. The Bertz CT molecular complexity index is 689. The smallest absolute Gasteiger partial charge is 0.265 e. The van der Waals surface area contributed by atoms with E-state index in [0.29, 0.717) is 10.7 Å². The molecule has 1 atom stereocenters. The van der Waals surface area contributed by atoms with Gasteiger partial charge in [-0.05, 0) is 43.3 Å². The third kappa shape index (κ3) is 3.95. The van der Waals surface area contributed by atoms with Crippen molar-refractivity contribution in [2.45, 2.75) is 13.0 Å². The molecule has 0 aliphatic heterocycles. The molecule has 2 aromatic rings. The predicted octanol–water partition coefficient (Wildman–Crippen LogP) is 2.24. The molecule has 0 bridgehead atoms. The maximum absolute atomic E-state index is 12.1. The highest BCUT2D eigenvalue weighted by Crippen LogP contribution is 2.17. The van der Waals surface area contributed by atoms with Gasteiger partial charge in [-0.2, -0.15) is 0 Å². The third-order valence-corrected chi connectivity index (χ3v) is 3.06. The van der Waals surface area contributed by atoms with Crippen molar-refractivity contribution in [1.82, 2.24) is 4.98 Å². The van der Waals surface area contributed by atoms with Crippen molar-refractivity contribution < 1.29 is 14.3 Å². The van der Waals surface area contributed by atoms with E-state index in [1.165, 1.54) is 12.3 Å². The van der Waals surface area contributed by atoms with Gasteiger partial charge in [0.2, 0.25) is 5.88 Å². The Morgan fingerprint density at radius 3 is 2.59 bits per heavy atom. The van der Waals surface area contributed by atoms with Crippen molar-refractivity contribution in [3.8, 4) is 5.88 Å². The van der Waals surface area contributed by atoms with E-state index in [1.807, 2.05) is 0 Å². The van der Waals surface area contributed by atoms with Gasteiger partial charge in [-0.3, -0.25) is 9.59 Å². The summed E-state index contributed by atoms with van der Waals surface area (Å²) < 4.78 is 5.41. The summed E-state index contributed by atoms with van der Waals surface area (Å²) in [6.07, 6.45) is 0.592. The second-order valence-corrected chi connectivity index (χ2v) is 4.91. The van der Waals surface area contributed by atoms with E-state index in [4.69, 9.17) is 22.1 Å². The molecule has 0 saturated heterocycles. The number of pyridine rings is 1. The van der Waals surface area contributed by atoms with Crippen molar-refractivity contribution in [3.63, 3.8) is 0 Å². The molecule has 0 radical (unpaired) electrons. The summed E-state index contributed by atoms with van der Waals surface area (Å²) in [5.41, 5.74) is 5.94. The highest BCUT2D eigenvalue weighted by molar-refractivity contribution is 6.30. The summed E-state index contributed by atoms with van der Waals surface area (Å²) in [6.45, 7) is 1.55. The topological polar surface area (TPSA) is 94.3 Å². The maximum atomic E-state index is 12.1. The van der Waals surface area contributed by atoms with E-state index in [1.54, 1.807) is 37.3 Å². The molecule has 1 aromatic heterocycles. The molecule has 0 saturated carbocycles. The van der Waals surface area contributed by atoms with Crippen LogP contribution in [0.5, 0.6) is 5.88 Å². The van der Waals surface area contributed by atoms with Crippen LogP contribution < -0.4 is 15.8 Å². The van der Waals surface area contributed by atoms with E-state index in [-0.39, 0.29) is 17.4 Å². The molecule has 0 aliphatic carbocycles. The highest BCUT2D eigenvalue weighted by Gasteiger charge is 2.19. The number of carbonyl (C=O) groups is 2. The third-order valence-electron chi connectivity index (χ3n) is 2.81. The number of hydrogen-bond donors (Lipinski definition) is 2.